The van der Waals surface area contributed by atoms with Gasteiger partial charge in [-0.2, -0.15) is 0 Å². The van der Waals surface area contributed by atoms with E-state index in [2.05, 4.69) is 10.3 Å². The van der Waals surface area contributed by atoms with Crippen molar-refractivity contribution >= 4 is 17.7 Å². The molecule has 0 aliphatic carbocycles. The molecule has 1 aliphatic rings. The number of anilines is 1. The molecule has 0 fully saturated rings. The molecule has 2 heterocycles. The van der Waals surface area contributed by atoms with Gasteiger partial charge in [-0.3, -0.25) is 4.79 Å². The number of nitrogens with zero attached hydrogens (tertiary/aromatic N) is 3. The van der Waals surface area contributed by atoms with Crippen LogP contribution in [0.25, 0.3) is 5.69 Å². The second kappa shape index (κ2) is 7.42. The zero-order valence-corrected chi connectivity index (χ0v) is 16.4. The Morgan fingerprint density at radius 3 is 2.67 bits per heavy atom. The van der Waals surface area contributed by atoms with Gasteiger partial charge >= 0.3 is 6.09 Å². The van der Waals surface area contributed by atoms with Crippen LogP contribution in [0.3, 0.4) is 0 Å². The number of nitrogens with one attached hydrogen (secondary N) is 1. The van der Waals surface area contributed by atoms with Gasteiger partial charge < -0.3 is 19.5 Å². The fourth-order valence-electron chi connectivity index (χ4n) is 3.58. The van der Waals surface area contributed by atoms with Crippen LogP contribution in [0.1, 0.15) is 51.4 Å². The Balaban J connectivity index is 2.01. The van der Waals surface area contributed by atoms with Gasteiger partial charge in [-0.25, -0.2) is 9.78 Å². The highest BCUT2D eigenvalue weighted by Gasteiger charge is 2.33. The summed E-state index contributed by atoms with van der Waals surface area (Å²) in [6, 6.07) is 5.62. The van der Waals surface area contributed by atoms with Crippen LogP contribution in [0.4, 0.5) is 10.5 Å². The lowest BCUT2D eigenvalue weighted by Crippen LogP contribution is -2.45. The van der Waals surface area contributed by atoms with Gasteiger partial charge in [-0.1, -0.05) is 0 Å². The van der Waals surface area contributed by atoms with E-state index in [4.69, 9.17) is 4.74 Å². The minimum Gasteiger partial charge on any atom is -0.447 e. The molecule has 0 bridgehead atoms. The maximum Gasteiger partial charge on any atom is 0.407 e. The lowest BCUT2D eigenvalue weighted by atomic mass is 9.91. The molecule has 3 rings (SSSR count). The Kier molecular flexibility index (Phi) is 5.21. The van der Waals surface area contributed by atoms with Gasteiger partial charge in [0.1, 0.15) is 0 Å². The third-order valence-electron chi connectivity index (χ3n) is 4.65. The molecule has 144 valence electrons. The summed E-state index contributed by atoms with van der Waals surface area (Å²) in [4.78, 5) is 30.4. The summed E-state index contributed by atoms with van der Waals surface area (Å²) in [6.45, 7) is 9.11. The lowest BCUT2D eigenvalue weighted by molar-refractivity contribution is -0.117. The van der Waals surface area contributed by atoms with Gasteiger partial charge in [0.2, 0.25) is 5.91 Å². The SMILES string of the molecule is CC(=O)N1c2ccc(-n3cnc(C)c3)cc2C(NC(=O)OC(C)C)CC1C. The smallest absolute Gasteiger partial charge is 0.407 e. The summed E-state index contributed by atoms with van der Waals surface area (Å²) in [6.07, 6.45) is 3.66. The Morgan fingerprint density at radius 1 is 1.33 bits per heavy atom. The molecule has 2 aromatic rings. The maximum atomic E-state index is 12.2. The van der Waals surface area contributed by atoms with Crippen molar-refractivity contribution in [3.63, 3.8) is 0 Å². The Hall–Kier alpha value is -2.83. The average molecular weight is 370 g/mol. The van der Waals surface area contributed by atoms with E-state index in [1.54, 1.807) is 18.2 Å². The van der Waals surface area contributed by atoms with Gasteiger partial charge in [0, 0.05) is 36.1 Å². The Morgan fingerprint density at radius 2 is 2.07 bits per heavy atom. The van der Waals surface area contributed by atoms with Crippen LogP contribution in [0.15, 0.2) is 30.7 Å². The van der Waals surface area contributed by atoms with E-state index < -0.39 is 6.09 Å². The van der Waals surface area contributed by atoms with Crippen molar-refractivity contribution in [3.05, 3.63) is 42.0 Å². The predicted molar refractivity (Wildman–Crippen MR) is 103 cm³/mol. The number of imidazole rings is 1. The van der Waals surface area contributed by atoms with E-state index in [0.717, 1.165) is 22.6 Å². The second-order valence-corrected chi connectivity index (χ2v) is 7.29. The number of hydrogen-bond acceptors (Lipinski definition) is 4. The van der Waals surface area contributed by atoms with Crippen LogP contribution in [0, 0.1) is 6.92 Å². The molecule has 0 saturated carbocycles. The molecule has 1 aromatic carbocycles. The number of benzene rings is 1. The highest BCUT2D eigenvalue weighted by atomic mass is 16.6. The predicted octanol–water partition coefficient (Wildman–Crippen LogP) is 3.50. The fourth-order valence-corrected chi connectivity index (χ4v) is 3.58. The van der Waals surface area contributed by atoms with Crippen molar-refractivity contribution < 1.29 is 14.3 Å². The molecule has 1 aromatic heterocycles. The second-order valence-electron chi connectivity index (χ2n) is 7.29. The fraction of sp³-hybridized carbons (Fsp3) is 0.450. The summed E-state index contributed by atoms with van der Waals surface area (Å²) < 4.78 is 7.18. The van der Waals surface area contributed by atoms with Crippen LogP contribution in [0.2, 0.25) is 0 Å². The quantitative estimate of drug-likeness (QED) is 0.897. The van der Waals surface area contributed by atoms with Crippen molar-refractivity contribution in [3.8, 4) is 5.69 Å². The molecule has 27 heavy (non-hydrogen) atoms. The average Bonchev–Trinajstić information content (AvgIpc) is 2.99. The zero-order chi connectivity index (χ0) is 19.7. The van der Waals surface area contributed by atoms with E-state index in [1.165, 1.54) is 0 Å². The molecular formula is C20H26N4O3. The molecule has 2 amide bonds. The summed E-state index contributed by atoms with van der Waals surface area (Å²) in [5, 5.41) is 2.96. The van der Waals surface area contributed by atoms with Crippen molar-refractivity contribution in [2.24, 2.45) is 0 Å². The third-order valence-corrected chi connectivity index (χ3v) is 4.65. The van der Waals surface area contributed by atoms with Crippen LogP contribution >= 0.6 is 0 Å². The van der Waals surface area contributed by atoms with Crippen LogP contribution in [-0.2, 0) is 9.53 Å². The molecular weight excluding hydrogens is 344 g/mol. The first kappa shape index (κ1) is 18.9. The number of fused-ring (bicyclic) bond motifs is 1. The van der Waals surface area contributed by atoms with Gasteiger partial charge in [0.05, 0.1) is 24.2 Å². The maximum absolute atomic E-state index is 12.2. The molecule has 0 radical (unpaired) electrons. The molecule has 2 unspecified atom stereocenters. The van der Waals surface area contributed by atoms with E-state index >= 15 is 0 Å². The van der Waals surface area contributed by atoms with Gasteiger partial charge in [-0.15, -0.1) is 0 Å². The number of aromatic nitrogens is 2. The number of carbonyl (C=O) groups excluding carboxylic acids is 2. The summed E-state index contributed by atoms with van der Waals surface area (Å²) in [5.41, 5.74) is 3.56. The molecule has 0 saturated heterocycles. The first-order valence-electron chi connectivity index (χ1n) is 9.18. The zero-order valence-electron chi connectivity index (χ0n) is 16.4. The minimum absolute atomic E-state index is 0.0156. The monoisotopic (exact) mass is 370 g/mol. The minimum atomic E-state index is -0.451. The van der Waals surface area contributed by atoms with Gasteiger partial charge in [0.25, 0.3) is 0 Å². The van der Waals surface area contributed by atoms with Gasteiger partial charge in [-0.05, 0) is 52.3 Å². The Bertz CT molecular complexity index is 859. The topological polar surface area (TPSA) is 76.5 Å². The number of carbonyl (C=O) groups is 2. The van der Waals surface area contributed by atoms with E-state index in [0.29, 0.717) is 6.42 Å². The highest BCUT2D eigenvalue weighted by molar-refractivity contribution is 5.94. The largest absolute Gasteiger partial charge is 0.447 e. The number of aryl methyl sites for hydroxylation is 1. The number of hydrogen-bond donors (Lipinski definition) is 1. The first-order valence-corrected chi connectivity index (χ1v) is 9.18. The molecule has 2 atom stereocenters. The number of rotatable bonds is 3. The highest BCUT2D eigenvalue weighted by Crippen LogP contribution is 2.38. The number of amides is 2. The molecule has 7 heteroatoms. The van der Waals surface area contributed by atoms with Crippen molar-refractivity contribution in [1.29, 1.82) is 0 Å². The van der Waals surface area contributed by atoms with E-state index in [-0.39, 0.29) is 24.1 Å². The van der Waals surface area contributed by atoms with Crippen molar-refractivity contribution in [1.82, 2.24) is 14.9 Å². The van der Waals surface area contributed by atoms with Crippen LogP contribution in [-0.4, -0.2) is 33.7 Å². The van der Waals surface area contributed by atoms with Crippen molar-refractivity contribution in [2.75, 3.05) is 4.90 Å². The summed E-state index contributed by atoms with van der Waals surface area (Å²) >= 11 is 0. The van der Waals surface area contributed by atoms with Crippen LogP contribution < -0.4 is 10.2 Å². The first-order chi connectivity index (χ1) is 12.8. The summed E-state index contributed by atoms with van der Waals surface area (Å²) in [7, 11) is 0. The van der Waals surface area contributed by atoms with E-state index in [1.807, 2.05) is 56.7 Å². The van der Waals surface area contributed by atoms with Gasteiger partial charge in [0.15, 0.2) is 0 Å². The number of alkyl carbamates (subject to hydrolysis) is 1. The third kappa shape index (κ3) is 3.97. The molecule has 7 nitrogen and oxygen atoms in total. The molecule has 1 aliphatic heterocycles. The molecule has 1 N–H and O–H groups in total. The Labute approximate surface area is 159 Å². The molecule has 0 spiro atoms. The normalized spacial score (nSPS) is 19.0. The standard InChI is InChI=1S/C20H26N4O3/c1-12(2)27-20(26)22-18-8-14(4)24(15(5)25)19-7-6-16(9-17(18)19)23-10-13(3)21-11-23/h6-7,9-12,14,18H,8H2,1-5H3,(H,22,26). The summed E-state index contributed by atoms with van der Waals surface area (Å²) in [5.74, 6) is -0.0156. The van der Waals surface area contributed by atoms with Crippen LogP contribution in [0.5, 0.6) is 0 Å². The lowest BCUT2D eigenvalue weighted by Gasteiger charge is -2.39. The van der Waals surface area contributed by atoms with Crippen molar-refractivity contribution in [2.45, 2.75) is 59.2 Å². The number of ether oxygens (including phenoxy) is 1. The van der Waals surface area contributed by atoms with E-state index in [9.17, 15) is 9.59 Å².